The lowest BCUT2D eigenvalue weighted by Gasteiger charge is -2.19. The second-order valence-corrected chi connectivity index (χ2v) is 8.03. The van der Waals surface area contributed by atoms with Crippen LogP contribution in [-0.4, -0.2) is 38.3 Å². The maximum Gasteiger partial charge on any atom is 0.243 e. The van der Waals surface area contributed by atoms with E-state index in [0.29, 0.717) is 18.8 Å². The van der Waals surface area contributed by atoms with Crippen molar-refractivity contribution in [3.63, 3.8) is 0 Å². The van der Waals surface area contributed by atoms with E-state index in [1.54, 1.807) is 26.8 Å². The van der Waals surface area contributed by atoms with E-state index in [1.165, 1.54) is 22.5 Å². The lowest BCUT2D eigenvalue weighted by Crippen LogP contribution is -2.30. The highest BCUT2D eigenvalue weighted by Gasteiger charge is 2.22. The Balaban J connectivity index is 2.11. The van der Waals surface area contributed by atoms with Gasteiger partial charge in [0.1, 0.15) is 0 Å². The molecule has 0 spiro atoms. The highest BCUT2D eigenvalue weighted by molar-refractivity contribution is 7.89. The molecule has 2 aromatic carbocycles. The van der Waals surface area contributed by atoms with Crippen LogP contribution in [0.25, 0.3) is 0 Å². The van der Waals surface area contributed by atoms with E-state index in [0.717, 1.165) is 17.7 Å². The number of nitrogens with zero attached hydrogens (tertiary/aromatic N) is 1. The van der Waals surface area contributed by atoms with E-state index in [1.807, 2.05) is 0 Å². The molecule has 9 heteroatoms. The van der Waals surface area contributed by atoms with E-state index in [2.05, 4.69) is 10.6 Å². The molecule has 1 amide bonds. The van der Waals surface area contributed by atoms with Gasteiger partial charge in [0.2, 0.25) is 15.9 Å². The Hall–Kier alpha value is -2.52. The summed E-state index contributed by atoms with van der Waals surface area (Å²) in [5.74, 6) is -2.55. The average Bonchev–Trinajstić information content (AvgIpc) is 2.64. The molecule has 28 heavy (non-hydrogen) atoms. The van der Waals surface area contributed by atoms with Crippen molar-refractivity contribution in [2.75, 3.05) is 30.3 Å². The van der Waals surface area contributed by atoms with Crippen molar-refractivity contribution in [1.29, 1.82) is 0 Å². The number of carbonyl (C=O) groups is 1. The van der Waals surface area contributed by atoms with Crippen LogP contribution in [0, 0.1) is 18.6 Å². The van der Waals surface area contributed by atoms with E-state index in [-0.39, 0.29) is 17.1 Å². The van der Waals surface area contributed by atoms with Gasteiger partial charge in [-0.15, -0.1) is 0 Å². The quantitative estimate of drug-likeness (QED) is 0.698. The van der Waals surface area contributed by atoms with E-state index < -0.39 is 27.6 Å². The third-order valence-corrected chi connectivity index (χ3v) is 6.24. The SMILES string of the molecule is CCN(CC)S(=O)(=O)c1ccc(C)c(NCC(=O)Nc2ccc(F)c(F)c2)c1. The summed E-state index contributed by atoms with van der Waals surface area (Å²) < 4.78 is 52.8. The lowest BCUT2D eigenvalue weighted by molar-refractivity contribution is -0.114. The number of carbonyl (C=O) groups excluding carboxylic acids is 1. The van der Waals surface area contributed by atoms with Gasteiger partial charge in [-0.1, -0.05) is 19.9 Å². The van der Waals surface area contributed by atoms with Crippen LogP contribution >= 0.6 is 0 Å². The lowest BCUT2D eigenvalue weighted by atomic mass is 10.2. The fourth-order valence-electron chi connectivity index (χ4n) is 2.62. The molecule has 0 aliphatic rings. The Kier molecular flexibility index (Phi) is 7.09. The minimum atomic E-state index is -3.62. The number of sulfonamides is 1. The minimum Gasteiger partial charge on any atom is -0.376 e. The summed E-state index contributed by atoms with van der Waals surface area (Å²) in [5, 5.41) is 5.33. The molecule has 0 unspecified atom stereocenters. The zero-order valence-electron chi connectivity index (χ0n) is 15.9. The van der Waals surface area contributed by atoms with Gasteiger partial charge in [-0.3, -0.25) is 4.79 Å². The van der Waals surface area contributed by atoms with Gasteiger partial charge in [0, 0.05) is 30.5 Å². The molecular formula is C19H23F2N3O3S. The third kappa shape index (κ3) is 5.05. The monoisotopic (exact) mass is 411 g/mol. The number of hydrogen-bond acceptors (Lipinski definition) is 4. The molecule has 0 aliphatic heterocycles. The molecule has 0 atom stereocenters. The molecule has 0 radical (unpaired) electrons. The van der Waals surface area contributed by atoms with Crippen molar-refractivity contribution in [3.05, 3.63) is 53.6 Å². The first-order valence-electron chi connectivity index (χ1n) is 8.78. The second kappa shape index (κ2) is 9.11. The first kappa shape index (κ1) is 21.8. The Labute approximate surface area is 163 Å². The van der Waals surface area contributed by atoms with Gasteiger partial charge in [-0.05, 0) is 36.8 Å². The van der Waals surface area contributed by atoms with Gasteiger partial charge < -0.3 is 10.6 Å². The first-order valence-corrected chi connectivity index (χ1v) is 10.2. The summed E-state index contributed by atoms with van der Waals surface area (Å²) in [6, 6.07) is 7.72. The second-order valence-electron chi connectivity index (χ2n) is 6.10. The topological polar surface area (TPSA) is 78.5 Å². The van der Waals surface area contributed by atoms with Gasteiger partial charge in [-0.2, -0.15) is 4.31 Å². The predicted octanol–water partition coefficient (Wildman–Crippen LogP) is 3.35. The van der Waals surface area contributed by atoms with Crippen molar-refractivity contribution < 1.29 is 22.0 Å². The van der Waals surface area contributed by atoms with Crippen molar-refractivity contribution >= 4 is 27.3 Å². The number of aryl methyl sites for hydroxylation is 1. The van der Waals surface area contributed by atoms with Gasteiger partial charge in [-0.25, -0.2) is 17.2 Å². The zero-order chi connectivity index (χ0) is 20.9. The number of amides is 1. The van der Waals surface area contributed by atoms with Crippen molar-refractivity contribution in [2.45, 2.75) is 25.7 Å². The summed E-state index contributed by atoms with van der Waals surface area (Å²) in [6.45, 7) is 5.84. The zero-order valence-corrected chi connectivity index (χ0v) is 16.7. The third-order valence-electron chi connectivity index (χ3n) is 4.19. The molecule has 2 rings (SSSR count). The predicted molar refractivity (Wildman–Crippen MR) is 105 cm³/mol. The molecule has 6 nitrogen and oxygen atoms in total. The van der Waals surface area contributed by atoms with Crippen LogP contribution in [0.2, 0.25) is 0 Å². The number of nitrogens with one attached hydrogen (secondary N) is 2. The van der Waals surface area contributed by atoms with Crippen molar-refractivity contribution in [2.24, 2.45) is 0 Å². The van der Waals surface area contributed by atoms with Crippen LogP contribution < -0.4 is 10.6 Å². The number of halogens is 2. The minimum absolute atomic E-state index is 0.125. The summed E-state index contributed by atoms with van der Waals surface area (Å²) in [7, 11) is -3.62. The highest BCUT2D eigenvalue weighted by Crippen LogP contribution is 2.23. The van der Waals surface area contributed by atoms with E-state index >= 15 is 0 Å². The maximum atomic E-state index is 13.2. The summed E-state index contributed by atoms with van der Waals surface area (Å²) in [6.07, 6.45) is 0. The summed E-state index contributed by atoms with van der Waals surface area (Å²) in [5.41, 5.74) is 1.38. The van der Waals surface area contributed by atoms with Crippen molar-refractivity contribution in [3.8, 4) is 0 Å². The van der Waals surface area contributed by atoms with Crippen LogP contribution in [0.15, 0.2) is 41.3 Å². The first-order chi connectivity index (χ1) is 13.2. The number of hydrogen-bond donors (Lipinski definition) is 2. The molecule has 0 saturated heterocycles. The van der Waals surface area contributed by atoms with Crippen LogP contribution in [0.4, 0.5) is 20.2 Å². The fourth-order valence-corrected chi connectivity index (χ4v) is 4.10. The smallest absolute Gasteiger partial charge is 0.243 e. The Morgan fingerprint density at radius 1 is 1.04 bits per heavy atom. The van der Waals surface area contributed by atoms with Crippen LogP contribution in [0.3, 0.4) is 0 Å². The highest BCUT2D eigenvalue weighted by atomic mass is 32.2. The molecule has 0 heterocycles. The maximum absolute atomic E-state index is 13.2. The van der Waals surface area contributed by atoms with E-state index in [4.69, 9.17) is 0 Å². The van der Waals surface area contributed by atoms with Gasteiger partial charge >= 0.3 is 0 Å². The number of benzene rings is 2. The summed E-state index contributed by atoms with van der Waals surface area (Å²) >= 11 is 0. The average molecular weight is 411 g/mol. The van der Waals surface area contributed by atoms with Crippen LogP contribution in [0.5, 0.6) is 0 Å². The molecule has 0 aromatic heterocycles. The fraction of sp³-hybridized carbons (Fsp3) is 0.316. The Morgan fingerprint density at radius 2 is 1.71 bits per heavy atom. The van der Waals surface area contributed by atoms with Crippen LogP contribution in [-0.2, 0) is 14.8 Å². The molecule has 0 aliphatic carbocycles. The Bertz CT molecular complexity index is 961. The molecule has 0 saturated carbocycles. The van der Waals surface area contributed by atoms with E-state index in [9.17, 15) is 22.0 Å². The largest absolute Gasteiger partial charge is 0.376 e. The number of rotatable bonds is 8. The molecule has 152 valence electrons. The number of anilines is 2. The van der Waals surface area contributed by atoms with Gasteiger partial charge in [0.05, 0.1) is 11.4 Å². The van der Waals surface area contributed by atoms with Crippen LogP contribution in [0.1, 0.15) is 19.4 Å². The molecule has 2 N–H and O–H groups in total. The van der Waals surface area contributed by atoms with Gasteiger partial charge in [0.25, 0.3) is 0 Å². The van der Waals surface area contributed by atoms with Crippen molar-refractivity contribution in [1.82, 2.24) is 4.31 Å². The molecule has 0 fully saturated rings. The van der Waals surface area contributed by atoms with Gasteiger partial charge in [0.15, 0.2) is 11.6 Å². The molecule has 0 bridgehead atoms. The normalized spacial score (nSPS) is 11.5. The standard InChI is InChI=1S/C19H23F2N3O3S/c1-4-24(5-2)28(26,27)15-8-6-13(3)18(11-15)22-12-19(25)23-14-7-9-16(20)17(21)10-14/h6-11,22H,4-5,12H2,1-3H3,(H,23,25). The Morgan fingerprint density at radius 3 is 2.32 bits per heavy atom. The molecular weight excluding hydrogens is 388 g/mol. The molecule has 2 aromatic rings. The summed E-state index contributed by atoms with van der Waals surface area (Å²) in [4.78, 5) is 12.2.